The highest BCUT2D eigenvalue weighted by molar-refractivity contribution is 5.79. The zero-order valence-electron chi connectivity index (χ0n) is 13.6. The lowest BCUT2D eigenvalue weighted by Crippen LogP contribution is -2.41. The van der Waals surface area contributed by atoms with Crippen molar-refractivity contribution in [2.24, 2.45) is 5.41 Å². The van der Waals surface area contributed by atoms with E-state index in [4.69, 9.17) is 5.11 Å². The van der Waals surface area contributed by atoms with Gasteiger partial charge in [-0.3, -0.25) is 4.79 Å². The molecule has 1 aliphatic rings. The van der Waals surface area contributed by atoms with Gasteiger partial charge in [-0.15, -0.1) is 13.2 Å². The number of urea groups is 1. The van der Waals surface area contributed by atoms with Crippen molar-refractivity contribution in [2.45, 2.75) is 26.1 Å². The van der Waals surface area contributed by atoms with Crippen LogP contribution in [0.15, 0.2) is 24.3 Å². The molecule has 0 saturated carbocycles. The second-order valence-corrected chi connectivity index (χ2v) is 6.21. The van der Waals surface area contributed by atoms with Crippen LogP contribution in [0, 0.1) is 5.41 Å². The molecule has 1 aliphatic heterocycles. The molecular formula is C16H19F3N2O4. The molecule has 1 fully saturated rings. The highest BCUT2D eigenvalue weighted by Crippen LogP contribution is 2.30. The molecule has 1 heterocycles. The maximum atomic E-state index is 12.1. The number of rotatable bonds is 5. The number of aliphatic carboxylic acids is 1. The molecule has 0 aliphatic carbocycles. The van der Waals surface area contributed by atoms with Crippen LogP contribution >= 0.6 is 0 Å². The molecule has 9 heteroatoms. The first kappa shape index (κ1) is 18.9. The van der Waals surface area contributed by atoms with Crippen molar-refractivity contribution >= 4 is 12.0 Å². The fourth-order valence-electron chi connectivity index (χ4n) is 2.59. The molecule has 25 heavy (non-hydrogen) atoms. The summed E-state index contributed by atoms with van der Waals surface area (Å²) >= 11 is 0. The molecule has 0 bridgehead atoms. The van der Waals surface area contributed by atoms with Crippen molar-refractivity contribution in [1.29, 1.82) is 0 Å². The van der Waals surface area contributed by atoms with Crippen LogP contribution in [0.1, 0.15) is 18.9 Å². The molecule has 138 valence electrons. The Morgan fingerprint density at radius 3 is 2.48 bits per heavy atom. The quantitative estimate of drug-likeness (QED) is 0.846. The van der Waals surface area contributed by atoms with Gasteiger partial charge >= 0.3 is 18.4 Å². The van der Waals surface area contributed by atoms with Gasteiger partial charge in [-0.1, -0.05) is 12.1 Å². The van der Waals surface area contributed by atoms with Crippen molar-refractivity contribution in [1.82, 2.24) is 10.2 Å². The van der Waals surface area contributed by atoms with Gasteiger partial charge in [0.1, 0.15) is 5.75 Å². The second-order valence-electron chi connectivity index (χ2n) is 6.21. The molecule has 2 N–H and O–H groups in total. The van der Waals surface area contributed by atoms with E-state index in [1.54, 1.807) is 6.92 Å². The second kappa shape index (κ2) is 7.20. The Bertz CT molecular complexity index is 633. The number of nitrogens with zero attached hydrogens (tertiary/aromatic N) is 1. The van der Waals surface area contributed by atoms with Crippen molar-refractivity contribution in [3.05, 3.63) is 29.8 Å². The summed E-state index contributed by atoms with van der Waals surface area (Å²) in [6.07, 6.45) is -3.89. The topological polar surface area (TPSA) is 78.9 Å². The van der Waals surface area contributed by atoms with Crippen molar-refractivity contribution in [3.8, 4) is 5.75 Å². The average Bonchev–Trinajstić information content (AvgIpc) is 2.91. The number of carboxylic acid groups (broad SMARTS) is 1. The van der Waals surface area contributed by atoms with Crippen LogP contribution in [0.25, 0.3) is 0 Å². The van der Waals surface area contributed by atoms with Gasteiger partial charge < -0.3 is 20.1 Å². The average molecular weight is 360 g/mol. The Morgan fingerprint density at radius 2 is 1.96 bits per heavy atom. The predicted octanol–water partition coefficient (Wildman–Crippen LogP) is 2.63. The van der Waals surface area contributed by atoms with E-state index >= 15 is 0 Å². The summed E-state index contributed by atoms with van der Waals surface area (Å²) in [7, 11) is 0. The van der Waals surface area contributed by atoms with Crippen LogP contribution in [-0.4, -0.2) is 48.0 Å². The summed E-state index contributed by atoms with van der Waals surface area (Å²) in [5.41, 5.74) is -0.183. The van der Waals surface area contributed by atoms with E-state index in [0.29, 0.717) is 25.9 Å². The lowest BCUT2D eigenvalue weighted by Gasteiger charge is -2.20. The van der Waals surface area contributed by atoms with E-state index in [2.05, 4.69) is 10.1 Å². The molecule has 0 radical (unpaired) electrons. The van der Waals surface area contributed by atoms with Crippen molar-refractivity contribution < 1.29 is 32.6 Å². The lowest BCUT2D eigenvalue weighted by molar-refractivity contribution is -0.274. The Balaban J connectivity index is 1.77. The highest BCUT2D eigenvalue weighted by Gasteiger charge is 2.42. The summed E-state index contributed by atoms with van der Waals surface area (Å²) in [5, 5.41) is 11.8. The van der Waals surface area contributed by atoms with Crippen LogP contribution in [-0.2, 0) is 11.2 Å². The van der Waals surface area contributed by atoms with Crippen molar-refractivity contribution in [3.63, 3.8) is 0 Å². The van der Waals surface area contributed by atoms with E-state index in [0.717, 1.165) is 5.56 Å². The number of ether oxygens (including phenoxy) is 1. The van der Waals surface area contributed by atoms with Crippen LogP contribution in [0.4, 0.5) is 18.0 Å². The minimum absolute atomic E-state index is 0.150. The monoisotopic (exact) mass is 360 g/mol. The normalized spacial score (nSPS) is 20.4. The van der Waals surface area contributed by atoms with E-state index in [-0.39, 0.29) is 18.3 Å². The zero-order valence-corrected chi connectivity index (χ0v) is 13.6. The van der Waals surface area contributed by atoms with Gasteiger partial charge in [-0.05, 0) is 37.5 Å². The third-order valence-electron chi connectivity index (χ3n) is 4.12. The molecule has 1 saturated heterocycles. The third kappa shape index (κ3) is 5.27. The number of halogens is 3. The lowest BCUT2D eigenvalue weighted by atomic mass is 9.90. The third-order valence-corrected chi connectivity index (χ3v) is 4.12. The minimum atomic E-state index is -4.73. The summed E-state index contributed by atoms with van der Waals surface area (Å²) in [6, 6.07) is 5.06. The van der Waals surface area contributed by atoms with Gasteiger partial charge in [0.25, 0.3) is 0 Å². The standard InChI is InChI=1S/C16H19F3N2O4/c1-15(13(22)23)7-9-21(10-15)14(24)20-8-6-11-2-4-12(5-3-11)25-16(17,18)19/h2-5H,6-10H2,1H3,(H,20,24)(H,22,23). The number of alkyl halides is 3. The molecule has 1 aromatic rings. The number of carboxylic acids is 1. The number of carbonyl (C=O) groups is 2. The van der Waals surface area contributed by atoms with E-state index in [9.17, 15) is 22.8 Å². The van der Waals surface area contributed by atoms with Crippen molar-refractivity contribution in [2.75, 3.05) is 19.6 Å². The molecule has 1 aromatic carbocycles. The fourth-order valence-corrected chi connectivity index (χ4v) is 2.59. The number of carbonyl (C=O) groups excluding carboxylic acids is 1. The van der Waals surface area contributed by atoms with Crippen LogP contribution in [0.5, 0.6) is 5.75 Å². The number of likely N-dealkylation sites (tertiary alicyclic amines) is 1. The molecule has 2 rings (SSSR count). The SMILES string of the molecule is CC1(C(=O)O)CCN(C(=O)NCCc2ccc(OC(F)(F)F)cc2)C1. The van der Waals surface area contributed by atoms with Gasteiger partial charge in [-0.2, -0.15) is 0 Å². The number of hydrogen-bond acceptors (Lipinski definition) is 3. The van der Waals surface area contributed by atoms with Gasteiger partial charge in [0.05, 0.1) is 5.41 Å². The molecule has 6 nitrogen and oxygen atoms in total. The Hall–Kier alpha value is -2.45. The predicted molar refractivity (Wildman–Crippen MR) is 82.2 cm³/mol. The molecule has 2 amide bonds. The number of hydrogen-bond donors (Lipinski definition) is 2. The maximum Gasteiger partial charge on any atom is 0.573 e. The maximum absolute atomic E-state index is 12.1. The first-order valence-corrected chi connectivity index (χ1v) is 7.70. The first-order valence-electron chi connectivity index (χ1n) is 7.70. The van der Waals surface area contributed by atoms with Gasteiger partial charge in [0, 0.05) is 19.6 Å². The Labute approximate surface area is 142 Å². The van der Waals surface area contributed by atoms with Crippen LogP contribution in [0.3, 0.4) is 0 Å². The highest BCUT2D eigenvalue weighted by atomic mass is 19.4. The number of amides is 2. The van der Waals surface area contributed by atoms with Gasteiger partial charge in [0.2, 0.25) is 0 Å². The van der Waals surface area contributed by atoms with Gasteiger partial charge in [-0.25, -0.2) is 4.79 Å². The first-order chi connectivity index (χ1) is 11.6. The van der Waals surface area contributed by atoms with Crippen LogP contribution < -0.4 is 10.1 Å². The van der Waals surface area contributed by atoms with Crippen LogP contribution in [0.2, 0.25) is 0 Å². The number of nitrogens with one attached hydrogen (secondary N) is 1. The zero-order chi connectivity index (χ0) is 18.7. The number of benzene rings is 1. The smallest absolute Gasteiger partial charge is 0.481 e. The fraction of sp³-hybridized carbons (Fsp3) is 0.500. The molecule has 1 unspecified atom stereocenters. The molecule has 0 spiro atoms. The molecule has 0 aromatic heterocycles. The molecule has 1 atom stereocenters. The minimum Gasteiger partial charge on any atom is -0.481 e. The summed E-state index contributed by atoms with van der Waals surface area (Å²) < 4.78 is 40.0. The molecular weight excluding hydrogens is 341 g/mol. The largest absolute Gasteiger partial charge is 0.573 e. The Kier molecular flexibility index (Phi) is 5.44. The van der Waals surface area contributed by atoms with Gasteiger partial charge in [0.15, 0.2) is 0 Å². The summed E-state index contributed by atoms with van der Waals surface area (Å²) in [6.45, 7) is 2.42. The summed E-state index contributed by atoms with van der Waals surface area (Å²) in [4.78, 5) is 24.7. The van der Waals surface area contributed by atoms with E-state index in [1.165, 1.54) is 29.2 Å². The van der Waals surface area contributed by atoms with E-state index in [1.807, 2.05) is 0 Å². The van der Waals surface area contributed by atoms with E-state index < -0.39 is 17.7 Å². The Morgan fingerprint density at radius 1 is 1.32 bits per heavy atom. The summed E-state index contributed by atoms with van der Waals surface area (Å²) in [5.74, 6) is -1.23.